The van der Waals surface area contributed by atoms with Crippen LogP contribution >= 0.6 is 0 Å². The van der Waals surface area contributed by atoms with E-state index in [-0.39, 0.29) is 0 Å². The van der Waals surface area contributed by atoms with E-state index in [0.717, 1.165) is 0 Å². The maximum atomic E-state index is 4.16. The number of rotatable bonds is 2. The van der Waals surface area contributed by atoms with E-state index in [9.17, 15) is 0 Å². The van der Waals surface area contributed by atoms with E-state index in [1.54, 1.807) is 5.57 Å². The number of benzene rings is 2. The Morgan fingerprint density at radius 2 is 1.21 bits per heavy atom. The summed E-state index contributed by atoms with van der Waals surface area (Å²) in [5, 5.41) is 4.16. The van der Waals surface area contributed by atoms with Gasteiger partial charge in [-0.25, -0.2) is 0 Å². The van der Waals surface area contributed by atoms with Gasteiger partial charge in [0.15, 0.2) is 0 Å². The van der Waals surface area contributed by atoms with Crippen molar-refractivity contribution in [2.24, 2.45) is 0 Å². The zero-order valence-electron chi connectivity index (χ0n) is 18.3. The third-order valence-electron chi connectivity index (χ3n) is 6.95. The molecule has 2 aromatic carbocycles. The van der Waals surface area contributed by atoms with Crippen LogP contribution in [0.4, 0.5) is 0 Å². The first-order valence-corrected chi connectivity index (χ1v) is 11.9. The molecule has 1 nitrogen and oxygen atoms in total. The van der Waals surface area contributed by atoms with Gasteiger partial charge in [0.2, 0.25) is 0 Å². The van der Waals surface area contributed by atoms with Crippen molar-refractivity contribution < 1.29 is 0 Å². The number of fused-ring (bicyclic) bond motifs is 3. The van der Waals surface area contributed by atoms with Gasteiger partial charge in [-0.15, -0.1) is 0 Å². The van der Waals surface area contributed by atoms with Gasteiger partial charge >= 0.3 is 0 Å². The van der Waals surface area contributed by atoms with Crippen LogP contribution in [-0.4, -0.2) is 6.04 Å². The molecule has 1 fully saturated rings. The van der Waals surface area contributed by atoms with Crippen molar-refractivity contribution in [1.29, 1.82) is 0 Å². The molecule has 0 aromatic heterocycles. The lowest BCUT2D eigenvalue weighted by atomic mass is 9.89. The lowest BCUT2D eigenvalue weighted by molar-refractivity contribution is 0.443. The molecule has 0 aliphatic heterocycles. The topological polar surface area (TPSA) is 12.0 Å². The second kappa shape index (κ2) is 9.76. The minimum atomic E-state index is 0.314. The molecule has 29 heavy (non-hydrogen) atoms. The van der Waals surface area contributed by atoms with Crippen LogP contribution in [0.15, 0.2) is 59.7 Å². The van der Waals surface area contributed by atoms with Crippen molar-refractivity contribution >= 4 is 0 Å². The number of hydrogen-bond donors (Lipinski definition) is 1. The Morgan fingerprint density at radius 1 is 0.690 bits per heavy atom. The largest absolute Gasteiger partial charge is 0.300 e. The molecule has 1 heteroatoms. The fraction of sp³-hybridized carbons (Fsp3) is 0.500. The highest BCUT2D eigenvalue weighted by Gasteiger charge is 2.30. The molecule has 154 valence electrons. The van der Waals surface area contributed by atoms with Crippen LogP contribution in [0.3, 0.4) is 0 Å². The quantitative estimate of drug-likeness (QED) is 0.515. The average molecular weight is 388 g/mol. The second-order valence-electron chi connectivity index (χ2n) is 9.22. The van der Waals surface area contributed by atoms with Gasteiger partial charge in [-0.2, -0.15) is 0 Å². The molecule has 4 rings (SSSR count). The van der Waals surface area contributed by atoms with Gasteiger partial charge in [0.05, 0.1) is 6.04 Å². The van der Waals surface area contributed by atoms with Gasteiger partial charge in [-0.1, -0.05) is 105 Å². The lowest BCUT2D eigenvalue weighted by Crippen LogP contribution is -2.35. The van der Waals surface area contributed by atoms with E-state index in [1.165, 1.54) is 92.0 Å². The monoisotopic (exact) mass is 387 g/mol. The molecule has 1 atom stereocenters. The number of nitrogens with one attached hydrogen (secondary N) is 1. The van der Waals surface area contributed by atoms with Gasteiger partial charge in [0.1, 0.15) is 0 Å². The third-order valence-corrected chi connectivity index (χ3v) is 6.95. The highest BCUT2D eigenvalue weighted by Crippen LogP contribution is 2.44. The van der Waals surface area contributed by atoms with Gasteiger partial charge in [-0.3, -0.25) is 5.32 Å². The third kappa shape index (κ3) is 4.67. The smallest absolute Gasteiger partial charge is 0.0593 e. The first kappa shape index (κ1) is 20.4. The minimum Gasteiger partial charge on any atom is -0.300 e. The van der Waals surface area contributed by atoms with Crippen molar-refractivity contribution in [2.75, 3.05) is 0 Å². The first-order valence-electron chi connectivity index (χ1n) is 11.9. The fourth-order valence-electron chi connectivity index (χ4n) is 5.39. The van der Waals surface area contributed by atoms with Crippen LogP contribution in [0, 0.1) is 0 Å². The Bertz CT molecular complexity index is 797. The second-order valence-corrected chi connectivity index (χ2v) is 9.22. The Hall–Kier alpha value is -1.86. The van der Waals surface area contributed by atoms with Crippen molar-refractivity contribution in [2.45, 2.75) is 90.1 Å². The van der Waals surface area contributed by atoms with Crippen LogP contribution in [0.2, 0.25) is 0 Å². The molecule has 0 radical (unpaired) electrons. The summed E-state index contributed by atoms with van der Waals surface area (Å²) in [5.41, 5.74) is 8.92. The van der Waals surface area contributed by atoms with Crippen molar-refractivity contribution in [3.63, 3.8) is 0 Å². The summed E-state index contributed by atoms with van der Waals surface area (Å²) in [6, 6.07) is 18.8. The molecule has 2 aromatic rings. The molecule has 0 bridgehead atoms. The standard InChI is InChI=1S/C28H37N/c1-21(2)22-15-9-7-5-3-4-6-8-10-20-27(22)29-28-25-18-13-11-16-23(25)24-17-12-14-19-26(24)28/h11-14,16-19,27-29H,3-10,15,20H2,1-2H3. The molecule has 2 aliphatic carbocycles. The SMILES string of the molecule is CC(C)=C1CCCCCCCCCCC1NC1c2ccccc2-c2ccccc21. The first-order chi connectivity index (χ1) is 14.3. The van der Waals surface area contributed by atoms with E-state index in [4.69, 9.17) is 0 Å². The summed E-state index contributed by atoms with van der Waals surface area (Å²) in [7, 11) is 0. The highest BCUT2D eigenvalue weighted by atomic mass is 15.0. The Labute approximate surface area is 177 Å². The Morgan fingerprint density at radius 3 is 1.79 bits per heavy atom. The highest BCUT2D eigenvalue weighted by molar-refractivity contribution is 5.78. The van der Waals surface area contributed by atoms with Crippen LogP contribution < -0.4 is 5.32 Å². The van der Waals surface area contributed by atoms with Crippen LogP contribution in [0.5, 0.6) is 0 Å². The number of allylic oxidation sites excluding steroid dienone is 1. The molecular weight excluding hydrogens is 350 g/mol. The summed E-state index contributed by atoms with van der Waals surface area (Å²) in [6.07, 6.45) is 13.7. The molecule has 1 saturated carbocycles. The molecule has 0 saturated heterocycles. The van der Waals surface area contributed by atoms with E-state index in [2.05, 4.69) is 67.7 Å². The van der Waals surface area contributed by atoms with Crippen LogP contribution in [0.1, 0.15) is 95.2 Å². The average Bonchev–Trinajstić information content (AvgIpc) is 3.04. The predicted molar refractivity (Wildman–Crippen MR) is 125 cm³/mol. The maximum absolute atomic E-state index is 4.16. The lowest BCUT2D eigenvalue weighted by Gasteiger charge is -2.29. The zero-order chi connectivity index (χ0) is 20.1. The molecule has 1 N–H and O–H groups in total. The van der Waals surface area contributed by atoms with Gasteiger partial charge in [-0.05, 0) is 55.4 Å². The molecule has 1 unspecified atom stereocenters. The molecule has 2 aliphatic rings. The van der Waals surface area contributed by atoms with Crippen LogP contribution in [-0.2, 0) is 0 Å². The molecule has 0 spiro atoms. The van der Waals surface area contributed by atoms with Crippen molar-refractivity contribution in [3.05, 3.63) is 70.8 Å². The summed E-state index contributed by atoms with van der Waals surface area (Å²) in [5.74, 6) is 0. The van der Waals surface area contributed by atoms with Gasteiger partial charge in [0.25, 0.3) is 0 Å². The van der Waals surface area contributed by atoms with E-state index < -0.39 is 0 Å². The summed E-state index contributed by atoms with van der Waals surface area (Å²) >= 11 is 0. The zero-order valence-corrected chi connectivity index (χ0v) is 18.3. The summed E-state index contributed by atoms with van der Waals surface area (Å²) < 4.78 is 0. The van der Waals surface area contributed by atoms with Gasteiger partial charge in [0, 0.05) is 6.04 Å². The minimum absolute atomic E-state index is 0.314. The Balaban J connectivity index is 1.63. The normalized spacial score (nSPS) is 21.0. The van der Waals surface area contributed by atoms with E-state index >= 15 is 0 Å². The molecule has 0 heterocycles. The van der Waals surface area contributed by atoms with E-state index in [1.807, 2.05) is 0 Å². The number of hydrogen-bond acceptors (Lipinski definition) is 1. The maximum Gasteiger partial charge on any atom is 0.0593 e. The summed E-state index contributed by atoms with van der Waals surface area (Å²) in [4.78, 5) is 0. The van der Waals surface area contributed by atoms with Crippen molar-refractivity contribution in [1.82, 2.24) is 5.32 Å². The van der Waals surface area contributed by atoms with Gasteiger partial charge < -0.3 is 0 Å². The Kier molecular flexibility index (Phi) is 6.87. The van der Waals surface area contributed by atoms with Crippen molar-refractivity contribution in [3.8, 4) is 11.1 Å². The predicted octanol–water partition coefficient (Wildman–Crippen LogP) is 7.97. The van der Waals surface area contributed by atoms with Crippen LogP contribution in [0.25, 0.3) is 11.1 Å². The summed E-state index contributed by atoms with van der Waals surface area (Å²) in [6.45, 7) is 4.65. The van der Waals surface area contributed by atoms with E-state index in [0.29, 0.717) is 12.1 Å². The fourth-order valence-corrected chi connectivity index (χ4v) is 5.39. The molecule has 0 amide bonds. The molecular formula is C28H37N.